The van der Waals surface area contributed by atoms with Crippen molar-refractivity contribution >= 4 is 34.0 Å². The minimum Gasteiger partial charge on any atom is -0.249 e. The minimum atomic E-state index is -1.40. The lowest BCUT2D eigenvalue weighted by molar-refractivity contribution is 0.586. The molecule has 0 heterocycles. The molecule has 0 N–H and O–H groups in total. The average Bonchev–Trinajstić information content (AvgIpc) is 2.43. The fourth-order valence-electron chi connectivity index (χ4n) is 2.13. The summed E-state index contributed by atoms with van der Waals surface area (Å²) in [6.07, 6.45) is 0. The molecule has 2 nitrogen and oxygen atoms in total. The molecular formula is C17H15Cl2NOS. The fourth-order valence-corrected chi connectivity index (χ4v) is 3.94. The van der Waals surface area contributed by atoms with E-state index in [0.29, 0.717) is 25.4 Å². The van der Waals surface area contributed by atoms with Crippen molar-refractivity contribution in [3.63, 3.8) is 0 Å². The predicted octanol–water partition coefficient (Wildman–Crippen LogP) is 5.33. The summed E-state index contributed by atoms with van der Waals surface area (Å²) in [6.45, 7) is 6.06. The Kier molecular flexibility index (Phi) is 4.97. The van der Waals surface area contributed by atoms with Crippen LogP contribution in [0.1, 0.15) is 31.9 Å². The second-order valence-electron chi connectivity index (χ2n) is 5.94. The molecule has 0 aliphatic carbocycles. The first-order valence-electron chi connectivity index (χ1n) is 6.65. The van der Waals surface area contributed by atoms with Crippen molar-refractivity contribution in [1.82, 2.24) is 0 Å². The number of nitrogens with zero attached hydrogens (tertiary/aromatic N) is 1. The molecule has 0 aliphatic rings. The molecule has 0 saturated heterocycles. The van der Waals surface area contributed by atoms with Gasteiger partial charge >= 0.3 is 0 Å². The summed E-state index contributed by atoms with van der Waals surface area (Å²) in [4.78, 5) is 1.17. The highest BCUT2D eigenvalue weighted by molar-refractivity contribution is 7.85. The van der Waals surface area contributed by atoms with Gasteiger partial charge in [0, 0.05) is 19.8 Å². The molecule has 0 aliphatic heterocycles. The topological polar surface area (TPSA) is 40.9 Å². The number of hydrogen-bond donors (Lipinski definition) is 0. The van der Waals surface area contributed by atoms with E-state index in [-0.39, 0.29) is 5.41 Å². The zero-order chi connectivity index (χ0) is 16.5. The second-order valence-corrected chi connectivity index (χ2v) is 8.30. The molecular weight excluding hydrogens is 337 g/mol. The van der Waals surface area contributed by atoms with E-state index in [1.165, 1.54) is 0 Å². The summed E-state index contributed by atoms with van der Waals surface area (Å²) >= 11 is 11.9. The molecule has 2 rings (SSSR count). The molecule has 0 amide bonds. The van der Waals surface area contributed by atoms with Gasteiger partial charge in [0.25, 0.3) is 0 Å². The van der Waals surface area contributed by atoms with Gasteiger partial charge in [-0.2, -0.15) is 5.26 Å². The maximum absolute atomic E-state index is 12.7. The third-order valence-electron chi connectivity index (χ3n) is 3.18. The first-order chi connectivity index (χ1) is 10.2. The molecule has 0 saturated carbocycles. The molecule has 0 radical (unpaired) electrons. The molecule has 0 aromatic heterocycles. The molecule has 2 aromatic carbocycles. The third kappa shape index (κ3) is 3.70. The van der Waals surface area contributed by atoms with Crippen molar-refractivity contribution in [1.29, 1.82) is 5.26 Å². The van der Waals surface area contributed by atoms with Crippen LogP contribution >= 0.6 is 23.2 Å². The van der Waals surface area contributed by atoms with Gasteiger partial charge in [-0.15, -0.1) is 0 Å². The van der Waals surface area contributed by atoms with E-state index in [9.17, 15) is 9.47 Å². The van der Waals surface area contributed by atoms with Crippen LogP contribution in [0.2, 0.25) is 10.0 Å². The first kappa shape index (κ1) is 17.0. The van der Waals surface area contributed by atoms with Gasteiger partial charge < -0.3 is 0 Å². The monoisotopic (exact) mass is 351 g/mol. The second kappa shape index (κ2) is 6.42. The summed E-state index contributed by atoms with van der Waals surface area (Å²) in [6, 6.07) is 12.3. The molecule has 2 aromatic rings. The number of hydrogen-bond acceptors (Lipinski definition) is 2. The van der Waals surface area contributed by atoms with Gasteiger partial charge in [0.2, 0.25) is 0 Å². The maximum atomic E-state index is 12.7. The number of halogens is 2. The Bertz CT molecular complexity index is 768. The minimum absolute atomic E-state index is 0.211. The van der Waals surface area contributed by atoms with E-state index in [1.54, 1.807) is 30.3 Å². The van der Waals surface area contributed by atoms with Crippen molar-refractivity contribution < 1.29 is 4.21 Å². The zero-order valence-corrected chi connectivity index (χ0v) is 14.8. The summed E-state index contributed by atoms with van der Waals surface area (Å²) in [5.41, 5.74) is 1.25. The Hall–Kier alpha value is -1.34. The van der Waals surface area contributed by atoms with Gasteiger partial charge in [0.15, 0.2) is 0 Å². The van der Waals surface area contributed by atoms with Gasteiger partial charge in [0.1, 0.15) is 0 Å². The lowest BCUT2D eigenvalue weighted by Gasteiger charge is -2.21. The van der Waals surface area contributed by atoms with Gasteiger partial charge in [0.05, 0.1) is 22.4 Å². The lowest BCUT2D eigenvalue weighted by Crippen LogP contribution is -2.14. The molecule has 1 unspecified atom stereocenters. The van der Waals surface area contributed by atoms with Crippen LogP contribution in [-0.4, -0.2) is 4.21 Å². The first-order valence-corrected chi connectivity index (χ1v) is 8.55. The summed E-state index contributed by atoms with van der Waals surface area (Å²) in [7, 11) is -1.40. The van der Waals surface area contributed by atoms with Crippen molar-refractivity contribution in [2.24, 2.45) is 0 Å². The molecule has 0 spiro atoms. The Morgan fingerprint density at radius 1 is 1.00 bits per heavy atom. The van der Waals surface area contributed by atoms with Gasteiger partial charge in [-0.05, 0) is 47.4 Å². The van der Waals surface area contributed by atoms with Gasteiger partial charge in [-0.25, -0.2) is 4.21 Å². The van der Waals surface area contributed by atoms with Crippen LogP contribution in [0.3, 0.4) is 0 Å². The molecule has 0 fully saturated rings. The van der Waals surface area contributed by atoms with Gasteiger partial charge in [-0.3, -0.25) is 0 Å². The van der Waals surface area contributed by atoms with Crippen LogP contribution in [0, 0.1) is 11.3 Å². The van der Waals surface area contributed by atoms with E-state index >= 15 is 0 Å². The highest BCUT2D eigenvalue weighted by atomic mass is 35.5. The largest absolute Gasteiger partial charge is 0.249 e. The Balaban J connectivity index is 2.54. The molecule has 1 atom stereocenters. The normalized spacial score (nSPS) is 12.7. The molecule has 22 heavy (non-hydrogen) atoms. The Morgan fingerprint density at radius 2 is 1.59 bits per heavy atom. The van der Waals surface area contributed by atoms with Crippen LogP contribution in [-0.2, 0) is 16.2 Å². The Morgan fingerprint density at radius 3 is 2.09 bits per heavy atom. The standard InChI is InChI=1S/C17H15Cl2NOS/c1-17(2,3)16-9-14(5-4-11(16)10-20)22(21)15-7-12(18)6-13(19)8-15/h4-9H,1-3H3. The smallest absolute Gasteiger partial charge is 0.0994 e. The van der Waals surface area contributed by atoms with Crippen LogP contribution in [0.15, 0.2) is 46.2 Å². The molecule has 114 valence electrons. The SMILES string of the molecule is CC(C)(C)c1cc(S(=O)c2cc(Cl)cc(Cl)c2)ccc1C#N. The summed E-state index contributed by atoms with van der Waals surface area (Å²) in [5, 5.41) is 10.1. The molecule has 5 heteroatoms. The lowest BCUT2D eigenvalue weighted by atomic mass is 9.84. The van der Waals surface area contributed by atoms with Crippen LogP contribution < -0.4 is 0 Å². The Labute approximate surface area is 143 Å². The van der Waals surface area contributed by atoms with Crippen LogP contribution in [0.4, 0.5) is 0 Å². The van der Waals surface area contributed by atoms with Crippen molar-refractivity contribution in [2.75, 3.05) is 0 Å². The highest BCUT2D eigenvalue weighted by Gasteiger charge is 2.20. The van der Waals surface area contributed by atoms with Crippen molar-refractivity contribution in [3.05, 3.63) is 57.6 Å². The number of rotatable bonds is 2. The highest BCUT2D eigenvalue weighted by Crippen LogP contribution is 2.30. The number of benzene rings is 2. The summed E-state index contributed by atoms with van der Waals surface area (Å²) < 4.78 is 12.7. The van der Waals surface area contributed by atoms with Crippen LogP contribution in [0.25, 0.3) is 0 Å². The van der Waals surface area contributed by atoms with E-state index < -0.39 is 10.8 Å². The van der Waals surface area contributed by atoms with E-state index in [4.69, 9.17) is 23.2 Å². The molecule has 0 bridgehead atoms. The number of nitriles is 1. The van der Waals surface area contributed by atoms with Crippen molar-refractivity contribution in [2.45, 2.75) is 36.0 Å². The fraction of sp³-hybridized carbons (Fsp3) is 0.235. The van der Waals surface area contributed by atoms with Gasteiger partial charge in [-0.1, -0.05) is 44.0 Å². The quantitative estimate of drug-likeness (QED) is 0.733. The zero-order valence-electron chi connectivity index (χ0n) is 12.5. The van der Waals surface area contributed by atoms with Crippen LogP contribution in [0.5, 0.6) is 0 Å². The van der Waals surface area contributed by atoms with E-state index in [0.717, 1.165) is 5.56 Å². The van der Waals surface area contributed by atoms with E-state index in [1.807, 2.05) is 26.8 Å². The maximum Gasteiger partial charge on any atom is 0.0994 e. The average molecular weight is 352 g/mol. The summed E-state index contributed by atoms with van der Waals surface area (Å²) in [5.74, 6) is 0. The predicted molar refractivity (Wildman–Crippen MR) is 91.0 cm³/mol. The van der Waals surface area contributed by atoms with E-state index in [2.05, 4.69) is 6.07 Å². The van der Waals surface area contributed by atoms with Crippen molar-refractivity contribution in [3.8, 4) is 6.07 Å². The third-order valence-corrected chi connectivity index (χ3v) is 4.97.